The van der Waals surface area contributed by atoms with Gasteiger partial charge in [-0.05, 0) is 25.7 Å². The molecule has 0 spiro atoms. The zero-order chi connectivity index (χ0) is 10.0. The smallest absolute Gasteiger partial charge is 0.0775 e. The Morgan fingerprint density at radius 2 is 2.14 bits per heavy atom. The SMILES string of the molecule is COC1CCCCC1(CO)NC1CC1. The first-order valence-corrected chi connectivity index (χ1v) is 5.72. The maximum atomic E-state index is 9.58. The molecule has 2 aliphatic rings. The van der Waals surface area contributed by atoms with Gasteiger partial charge in [0.25, 0.3) is 0 Å². The lowest BCUT2D eigenvalue weighted by Gasteiger charge is -2.43. The Morgan fingerprint density at radius 3 is 2.71 bits per heavy atom. The van der Waals surface area contributed by atoms with Crippen molar-refractivity contribution in [3.05, 3.63) is 0 Å². The molecule has 0 aromatic rings. The van der Waals surface area contributed by atoms with E-state index in [2.05, 4.69) is 5.32 Å². The topological polar surface area (TPSA) is 41.5 Å². The van der Waals surface area contributed by atoms with Gasteiger partial charge in [0.1, 0.15) is 0 Å². The second kappa shape index (κ2) is 4.17. The predicted octanol–water partition coefficient (Wildman–Crippen LogP) is 1.06. The molecule has 2 rings (SSSR count). The van der Waals surface area contributed by atoms with Crippen LogP contribution in [-0.4, -0.2) is 36.5 Å². The first-order chi connectivity index (χ1) is 6.80. The number of ether oxygens (including phenoxy) is 1. The molecule has 3 nitrogen and oxygen atoms in total. The van der Waals surface area contributed by atoms with Gasteiger partial charge < -0.3 is 15.2 Å². The van der Waals surface area contributed by atoms with Gasteiger partial charge in [-0.3, -0.25) is 0 Å². The molecule has 0 aromatic heterocycles. The van der Waals surface area contributed by atoms with Crippen molar-refractivity contribution in [2.45, 2.75) is 56.2 Å². The molecule has 0 aromatic carbocycles. The van der Waals surface area contributed by atoms with Gasteiger partial charge in [0, 0.05) is 13.2 Å². The molecule has 2 fully saturated rings. The van der Waals surface area contributed by atoms with Crippen molar-refractivity contribution in [3.8, 4) is 0 Å². The summed E-state index contributed by atoms with van der Waals surface area (Å²) in [7, 11) is 1.76. The number of nitrogens with one attached hydrogen (secondary N) is 1. The third-order valence-electron chi connectivity index (χ3n) is 3.59. The summed E-state index contributed by atoms with van der Waals surface area (Å²) in [4.78, 5) is 0. The molecule has 2 N–H and O–H groups in total. The van der Waals surface area contributed by atoms with Crippen LogP contribution in [0.3, 0.4) is 0 Å². The zero-order valence-corrected chi connectivity index (χ0v) is 8.96. The van der Waals surface area contributed by atoms with Gasteiger partial charge in [-0.25, -0.2) is 0 Å². The van der Waals surface area contributed by atoms with E-state index in [1.807, 2.05) is 0 Å². The van der Waals surface area contributed by atoms with Crippen LogP contribution in [0.1, 0.15) is 38.5 Å². The number of aliphatic hydroxyl groups excluding tert-OH is 1. The van der Waals surface area contributed by atoms with Crippen LogP contribution >= 0.6 is 0 Å². The average Bonchev–Trinajstić information content (AvgIpc) is 3.02. The molecule has 0 radical (unpaired) electrons. The summed E-state index contributed by atoms with van der Waals surface area (Å²) in [6, 6.07) is 0.637. The predicted molar refractivity (Wildman–Crippen MR) is 55.2 cm³/mol. The summed E-state index contributed by atoms with van der Waals surface area (Å²) < 4.78 is 5.50. The van der Waals surface area contributed by atoms with E-state index in [-0.39, 0.29) is 18.2 Å². The fourth-order valence-electron chi connectivity index (χ4n) is 2.58. The number of hydrogen-bond acceptors (Lipinski definition) is 3. The van der Waals surface area contributed by atoms with E-state index < -0.39 is 0 Å². The lowest BCUT2D eigenvalue weighted by molar-refractivity contribution is -0.0390. The van der Waals surface area contributed by atoms with Crippen LogP contribution in [0.4, 0.5) is 0 Å². The summed E-state index contributed by atoms with van der Waals surface area (Å²) >= 11 is 0. The Hall–Kier alpha value is -0.120. The van der Waals surface area contributed by atoms with Crippen LogP contribution in [0.25, 0.3) is 0 Å². The molecule has 82 valence electrons. The Labute approximate surface area is 85.8 Å². The van der Waals surface area contributed by atoms with Crippen molar-refractivity contribution < 1.29 is 9.84 Å². The van der Waals surface area contributed by atoms with Crippen molar-refractivity contribution in [2.75, 3.05) is 13.7 Å². The summed E-state index contributed by atoms with van der Waals surface area (Å²) in [6.45, 7) is 0.210. The molecule has 14 heavy (non-hydrogen) atoms. The minimum Gasteiger partial charge on any atom is -0.394 e. The van der Waals surface area contributed by atoms with Gasteiger partial charge in [0.2, 0.25) is 0 Å². The van der Waals surface area contributed by atoms with Crippen LogP contribution in [-0.2, 0) is 4.74 Å². The van der Waals surface area contributed by atoms with Gasteiger partial charge in [-0.2, -0.15) is 0 Å². The third kappa shape index (κ3) is 1.95. The lowest BCUT2D eigenvalue weighted by atomic mass is 9.79. The number of methoxy groups -OCH3 is 1. The van der Waals surface area contributed by atoms with Crippen LogP contribution in [0, 0.1) is 0 Å². The van der Waals surface area contributed by atoms with E-state index in [0.29, 0.717) is 6.04 Å². The zero-order valence-electron chi connectivity index (χ0n) is 8.96. The molecular weight excluding hydrogens is 178 g/mol. The molecule has 0 bridgehead atoms. The highest BCUT2D eigenvalue weighted by atomic mass is 16.5. The van der Waals surface area contributed by atoms with Gasteiger partial charge in [0.15, 0.2) is 0 Å². The number of rotatable bonds is 4. The van der Waals surface area contributed by atoms with E-state index >= 15 is 0 Å². The molecule has 0 saturated heterocycles. The largest absolute Gasteiger partial charge is 0.394 e. The molecule has 0 aliphatic heterocycles. The van der Waals surface area contributed by atoms with E-state index in [1.54, 1.807) is 7.11 Å². The highest BCUT2D eigenvalue weighted by Gasteiger charge is 2.43. The number of aliphatic hydroxyl groups is 1. The normalized spacial score (nSPS) is 38.6. The Bertz CT molecular complexity index is 194. The molecule has 2 unspecified atom stereocenters. The standard InChI is InChI=1S/C11H21NO2/c1-14-10-4-2-3-7-11(10,8-13)12-9-5-6-9/h9-10,12-13H,2-8H2,1H3. The Morgan fingerprint density at radius 1 is 1.36 bits per heavy atom. The highest BCUT2D eigenvalue weighted by Crippen LogP contribution is 2.33. The molecule has 3 heteroatoms. The van der Waals surface area contributed by atoms with E-state index in [4.69, 9.17) is 4.74 Å². The van der Waals surface area contributed by atoms with E-state index in [9.17, 15) is 5.11 Å². The molecule has 2 saturated carbocycles. The first-order valence-electron chi connectivity index (χ1n) is 5.72. The second-order valence-corrected chi connectivity index (χ2v) is 4.70. The maximum Gasteiger partial charge on any atom is 0.0775 e. The Balaban J connectivity index is 2.03. The van der Waals surface area contributed by atoms with E-state index in [0.717, 1.165) is 12.8 Å². The molecule has 2 aliphatic carbocycles. The fraction of sp³-hybridized carbons (Fsp3) is 1.00. The maximum absolute atomic E-state index is 9.58. The summed E-state index contributed by atoms with van der Waals surface area (Å²) in [5.74, 6) is 0. The monoisotopic (exact) mass is 199 g/mol. The molecular formula is C11H21NO2. The van der Waals surface area contributed by atoms with Crippen molar-refractivity contribution in [1.29, 1.82) is 0 Å². The molecule has 0 amide bonds. The Kier molecular flexibility index (Phi) is 3.10. The van der Waals surface area contributed by atoms with E-state index in [1.165, 1.54) is 25.7 Å². The summed E-state index contributed by atoms with van der Waals surface area (Å²) in [5.41, 5.74) is -0.145. The summed E-state index contributed by atoms with van der Waals surface area (Å²) in [6.07, 6.45) is 7.29. The first kappa shape index (κ1) is 10.4. The van der Waals surface area contributed by atoms with Crippen LogP contribution in [0.15, 0.2) is 0 Å². The van der Waals surface area contributed by atoms with Crippen LogP contribution in [0.2, 0.25) is 0 Å². The third-order valence-corrected chi connectivity index (χ3v) is 3.59. The van der Waals surface area contributed by atoms with Crippen molar-refractivity contribution in [1.82, 2.24) is 5.32 Å². The van der Waals surface area contributed by atoms with Gasteiger partial charge in [-0.1, -0.05) is 12.8 Å². The van der Waals surface area contributed by atoms with Gasteiger partial charge in [-0.15, -0.1) is 0 Å². The van der Waals surface area contributed by atoms with Crippen molar-refractivity contribution in [2.24, 2.45) is 0 Å². The minimum absolute atomic E-state index is 0.145. The molecule has 2 atom stereocenters. The fourth-order valence-corrected chi connectivity index (χ4v) is 2.58. The molecule has 0 heterocycles. The number of hydrogen-bond donors (Lipinski definition) is 2. The quantitative estimate of drug-likeness (QED) is 0.711. The van der Waals surface area contributed by atoms with Crippen molar-refractivity contribution >= 4 is 0 Å². The van der Waals surface area contributed by atoms with Gasteiger partial charge >= 0.3 is 0 Å². The van der Waals surface area contributed by atoms with Gasteiger partial charge in [0.05, 0.1) is 18.2 Å². The summed E-state index contributed by atoms with van der Waals surface area (Å²) in [5, 5.41) is 13.2. The van der Waals surface area contributed by atoms with Crippen LogP contribution in [0.5, 0.6) is 0 Å². The highest BCUT2D eigenvalue weighted by molar-refractivity contribution is 5.02. The van der Waals surface area contributed by atoms with Crippen LogP contribution < -0.4 is 5.32 Å². The minimum atomic E-state index is -0.145. The average molecular weight is 199 g/mol. The van der Waals surface area contributed by atoms with Crippen molar-refractivity contribution in [3.63, 3.8) is 0 Å². The second-order valence-electron chi connectivity index (χ2n) is 4.70. The lowest BCUT2D eigenvalue weighted by Crippen LogP contribution is -2.60.